The van der Waals surface area contributed by atoms with E-state index < -0.39 is 51.2 Å². The van der Waals surface area contributed by atoms with Crippen LogP contribution in [0.2, 0.25) is 0 Å². The maximum Gasteiger partial charge on any atom is 0.307 e. The Labute approximate surface area is 300 Å². The summed E-state index contributed by atoms with van der Waals surface area (Å²) in [6.45, 7) is 9.37. The van der Waals surface area contributed by atoms with E-state index in [2.05, 4.69) is 14.7 Å². The van der Waals surface area contributed by atoms with Crippen molar-refractivity contribution in [2.45, 2.75) is 116 Å². The molecule has 0 aromatic carbocycles. The van der Waals surface area contributed by atoms with Crippen molar-refractivity contribution in [3.63, 3.8) is 0 Å². The fraction of sp³-hybridized carbons (Fsp3) is 0.667. The molecule has 3 aliphatic rings. The maximum atomic E-state index is 14.5. The Kier molecular flexibility index (Phi) is 11.3. The van der Waals surface area contributed by atoms with Gasteiger partial charge in [-0.2, -0.15) is 17.7 Å². The summed E-state index contributed by atoms with van der Waals surface area (Å²) in [5.41, 5.74) is -0.720. The quantitative estimate of drug-likeness (QED) is 0.308. The number of carbonyl (C=O) groups is 4. The van der Waals surface area contributed by atoms with Crippen molar-refractivity contribution in [1.82, 2.24) is 28.5 Å². The van der Waals surface area contributed by atoms with Crippen molar-refractivity contribution in [3.8, 4) is 6.01 Å². The number of hydrogen-bond donors (Lipinski definition) is 1. The van der Waals surface area contributed by atoms with Gasteiger partial charge >= 0.3 is 16.2 Å². The van der Waals surface area contributed by atoms with Crippen molar-refractivity contribution in [2.75, 3.05) is 20.6 Å². The van der Waals surface area contributed by atoms with E-state index in [4.69, 9.17) is 9.47 Å². The number of rotatable bonds is 8. The Bertz CT molecular complexity index is 1780. The van der Waals surface area contributed by atoms with Gasteiger partial charge in [0.2, 0.25) is 11.8 Å². The zero-order chi connectivity index (χ0) is 37.3. The first-order valence-corrected chi connectivity index (χ1v) is 19.3. The Hall–Kier alpha value is -3.85. The van der Waals surface area contributed by atoms with E-state index in [0.717, 1.165) is 29.1 Å². The largest absolute Gasteiger partial charge is 0.460 e. The number of ether oxygens (including phenoxy) is 2. The number of pyridine rings is 1. The molecule has 280 valence electrons. The van der Waals surface area contributed by atoms with E-state index in [1.54, 1.807) is 27.0 Å². The number of aromatic nitrogens is 3. The number of nitrogens with zero attached hydrogens (tertiary/aromatic N) is 5. The molecule has 2 aliphatic heterocycles. The minimum absolute atomic E-state index is 0.0285. The van der Waals surface area contributed by atoms with Gasteiger partial charge in [-0.3, -0.25) is 23.7 Å². The third-order valence-electron chi connectivity index (χ3n) is 9.89. The number of hydrogen-bond acceptors (Lipinski definition) is 10. The number of nitrogens with one attached hydrogen (secondary N) is 1. The molecule has 0 unspecified atom stereocenters. The smallest absolute Gasteiger partial charge is 0.307 e. The summed E-state index contributed by atoms with van der Waals surface area (Å²) in [5, 5.41) is 0. The number of carbonyl (C=O) groups excluding carboxylic acids is 4. The average Bonchev–Trinajstić information content (AvgIpc) is 3.36. The molecule has 0 bridgehead atoms. The molecule has 2 aromatic rings. The lowest BCUT2D eigenvalue weighted by molar-refractivity contribution is -0.159. The minimum atomic E-state index is -4.11. The lowest BCUT2D eigenvalue weighted by atomic mass is 9.90. The second-order valence-electron chi connectivity index (χ2n) is 15.6. The molecular weight excluding hydrogens is 676 g/mol. The zero-order valence-corrected chi connectivity index (χ0v) is 31.6. The second-order valence-corrected chi connectivity index (χ2v) is 17.5. The van der Waals surface area contributed by atoms with Crippen LogP contribution < -0.4 is 9.46 Å². The van der Waals surface area contributed by atoms with E-state index in [9.17, 15) is 27.6 Å². The topological polar surface area (TPSA) is 170 Å². The standard InChI is InChI=1S/C36H52N6O8S/c1-23(2)42-27-16-13-17-37-31(27)38-34(42)49-26-19-28-29(43)21-36(33(46)39-51(47,48)40(6)7)20-25(36)15-12-10-8-9-11-14-24(32(45)41(28)22-26)18-30(44)50-35(3,4)5/h12-13,15-17,23-26,28H,8-11,14,18-22H2,1-7H3,(H,39,46)/b15-12-/t24-,25+,26-,28+,36-/m1/s1. The molecule has 51 heavy (non-hydrogen) atoms. The van der Waals surface area contributed by atoms with Gasteiger partial charge in [-0.25, -0.2) is 9.71 Å². The molecule has 1 saturated carbocycles. The molecule has 1 saturated heterocycles. The first kappa shape index (κ1) is 38.4. The molecule has 4 heterocycles. The molecule has 1 N–H and O–H groups in total. The SMILES string of the molecule is CC(C)n1c(O[C@@H]2C[C@H]3C(=O)C[C@]4(C(=O)NS(=O)(=O)N(C)C)C[C@@H]4/C=C\CCCCC[C@H](CC(=O)OC(C)(C)C)C(=O)N3C2)nc2ncccc21. The highest BCUT2D eigenvalue weighted by molar-refractivity contribution is 7.87. The van der Waals surface area contributed by atoms with Crippen molar-refractivity contribution in [1.29, 1.82) is 0 Å². The number of imidazole rings is 1. The van der Waals surface area contributed by atoms with Gasteiger partial charge in [-0.05, 0) is 78.4 Å². The fourth-order valence-electron chi connectivity index (χ4n) is 7.16. The molecule has 5 atom stereocenters. The van der Waals surface area contributed by atoms with Crippen molar-refractivity contribution in [2.24, 2.45) is 17.3 Å². The highest BCUT2D eigenvalue weighted by Crippen LogP contribution is 2.57. The molecule has 0 radical (unpaired) electrons. The van der Waals surface area contributed by atoms with Gasteiger partial charge in [0.05, 0.1) is 29.9 Å². The van der Waals surface area contributed by atoms with Gasteiger partial charge in [0.15, 0.2) is 11.4 Å². The maximum absolute atomic E-state index is 14.5. The molecule has 14 nitrogen and oxygen atoms in total. The molecule has 2 aromatic heterocycles. The Balaban J connectivity index is 1.49. The number of amides is 2. The van der Waals surface area contributed by atoms with Crippen LogP contribution in [0.3, 0.4) is 0 Å². The third-order valence-corrected chi connectivity index (χ3v) is 11.3. The summed E-state index contributed by atoms with van der Waals surface area (Å²) in [6, 6.07) is 3.03. The van der Waals surface area contributed by atoms with Crippen LogP contribution in [0.1, 0.15) is 98.4 Å². The first-order chi connectivity index (χ1) is 23.9. The summed E-state index contributed by atoms with van der Waals surface area (Å²) >= 11 is 0. The predicted octanol–water partition coefficient (Wildman–Crippen LogP) is 4.12. The third kappa shape index (κ3) is 8.79. The fourth-order valence-corrected chi connectivity index (χ4v) is 7.78. The highest BCUT2D eigenvalue weighted by atomic mass is 32.2. The van der Waals surface area contributed by atoms with Crippen LogP contribution >= 0.6 is 0 Å². The van der Waals surface area contributed by atoms with E-state index in [1.807, 2.05) is 42.7 Å². The Morgan fingerprint density at radius 2 is 1.90 bits per heavy atom. The molecule has 2 fully saturated rings. The highest BCUT2D eigenvalue weighted by Gasteiger charge is 2.61. The summed E-state index contributed by atoms with van der Waals surface area (Å²) in [7, 11) is -1.47. The van der Waals surface area contributed by atoms with Crippen LogP contribution in [0.4, 0.5) is 0 Å². The normalized spacial score (nSPS) is 27.0. The van der Waals surface area contributed by atoms with Crippen molar-refractivity contribution in [3.05, 3.63) is 30.5 Å². The molecule has 15 heteroatoms. The van der Waals surface area contributed by atoms with Gasteiger partial charge in [0.25, 0.3) is 6.01 Å². The summed E-state index contributed by atoms with van der Waals surface area (Å²) in [4.78, 5) is 66.2. The first-order valence-electron chi connectivity index (χ1n) is 17.9. The number of fused-ring (bicyclic) bond motifs is 3. The van der Waals surface area contributed by atoms with E-state index in [0.29, 0.717) is 30.9 Å². The second kappa shape index (κ2) is 15.0. The van der Waals surface area contributed by atoms with Crippen LogP contribution in [0.15, 0.2) is 30.5 Å². The van der Waals surface area contributed by atoms with Gasteiger partial charge in [0.1, 0.15) is 11.7 Å². The molecule has 1 aliphatic carbocycles. The summed E-state index contributed by atoms with van der Waals surface area (Å²) in [5.74, 6) is -3.01. The van der Waals surface area contributed by atoms with Crippen molar-refractivity contribution >= 4 is 44.9 Å². The van der Waals surface area contributed by atoms with E-state index in [1.165, 1.54) is 19.0 Å². The van der Waals surface area contributed by atoms with Crippen LogP contribution in [0.25, 0.3) is 11.2 Å². The number of Topliss-reactive ketones (excluding diaryl/α,β-unsaturated/α-hetero) is 1. The molecular formula is C36H52N6O8S. The van der Waals surface area contributed by atoms with Crippen LogP contribution in [-0.4, -0.2) is 94.1 Å². The minimum Gasteiger partial charge on any atom is -0.460 e. The van der Waals surface area contributed by atoms with E-state index in [-0.39, 0.29) is 49.5 Å². The monoisotopic (exact) mass is 728 g/mol. The lowest BCUT2D eigenvalue weighted by Gasteiger charge is -2.29. The zero-order valence-electron chi connectivity index (χ0n) is 30.8. The van der Waals surface area contributed by atoms with Gasteiger partial charge < -0.3 is 14.4 Å². The number of esters is 1. The van der Waals surface area contributed by atoms with E-state index >= 15 is 0 Å². The van der Waals surface area contributed by atoms with Crippen molar-refractivity contribution < 1.29 is 37.1 Å². The number of allylic oxidation sites excluding steroid dienone is 2. The van der Waals surface area contributed by atoms with Crippen LogP contribution in [-0.2, 0) is 34.1 Å². The Morgan fingerprint density at radius 3 is 2.59 bits per heavy atom. The molecule has 0 spiro atoms. The molecule has 5 rings (SSSR count). The number of ketones is 1. The summed E-state index contributed by atoms with van der Waals surface area (Å²) < 4.78 is 42.4. The van der Waals surface area contributed by atoms with Crippen LogP contribution in [0, 0.1) is 17.3 Å². The average molecular weight is 729 g/mol. The Morgan fingerprint density at radius 1 is 1.16 bits per heavy atom. The van der Waals surface area contributed by atoms with Gasteiger partial charge in [-0.1, -0.05) is 25.0 Å². The molecule has 2 amide bonds. The van der Waals surface area contributed by atoms with Gasteiger partial charge in [0, 0.05) is 45.1 Å². The van der Waals surface area contributed by atoms with Gasteiger partial charge in [-0.15, -0.1) is 0 Å². The lowest BCUT2D eigenvalue weighted by Crippen LogP contribution is -2.47. The summed E-state index contributed by atoms with van der Waals surface area (Å²) in [6.07, 6.45) is 8.46. The predicted molar refractivity (Wildman–Crippen MR) is 190 cm³/mol. The van der Waals surface area contributed by atoms with Crippen LogP contribution in [0.5, 0.6) is 6.01 Å².